The van der Waals surface area contributed by atoms with Crippen LogP contribution in [0.15, 0.2) is 35.0 Å². The van der Waals surface area contributed by atoms with E-state index in [9.17, 15) is 13.2 Å². The van der Waals surface area contributed by atoms with Gasteiger partial charge in [0.2, 0.25) is 15.9 Å². The average Bonchev–Trinajstić information content (AvgIpc) is 3.07. The van der Waals surface area contributed by atoms with E-state index in [1.54, 1.807) is 36.5 Å². The lowest BCUT2D eigenvalue weighted by atomic mass is 10.2. The van der Waals surface area contributed by atoms with Crippen molar-refractivity contribution in [3.8, 4) is 5.75 Å². The molecule has 0 aliphatic carbocycles. The molecule has 0 atom stereocenters. The van der Waals surface area contributed by atoms with Gasteiger partial charge in [-0.05, 0) is 47.9 Å². The summed E-state index contributed by atoms with van der Waals surface area (Å²) in [6, 6.07) is 6.80. The van der Waals surface area contributed by atoms with Crippen LogP contribution in [0, 0.1) is 0 Å². The Kier molecular flexibility index (Phi) is 6.22. The van der Waals surface area contributed by atoms with Crippen LogP contribution < -0.4 is 14.8 Å². The van der Waals surface area contributed by atoms with E-state index in [0.717, 1.165) is 5.56 Å². The van der Waals surface area contributed by atoms with E-state index in [1.807, 2.05) is 16.8 Å². The molecule has 0 spiro atoms. The number of amides is 1. The summed E-state index contributed by atoms with van der Waals surface area (Å²) in [5, 5.41) is 6.79. The number of methoxy groups -OCH3 is 1. The lowest BCUT2D eigenvalue weighted by molar-refractivity contribution is -0.116. The molecule has 24 heavy (non-hydrogen) atoms. The Hall–Kier alpha value is -2.06. The van der Waals surface area contributed by atoms with Crippen molar-refractivity contribution in [1.29, 1.82) is 0 Å². The number of carbonyl (C=O) groups is 1. The summed E-state index contributed by atoms with van der Waals surface area (Å²) >= 11 is 1.60. The molecule has 0 saturated heterocycles. The molecule has 130 valence electrons. The highest BCUT2D eigenvalue weighted by molar-refractivity contribution is 7.92. The van der Waals surface area contributed by atoms with Crippen molar-refractivity contribution in [2.24, 2.45) is 0 Å². The smallest absolute Gasteiger partial charge is 0.232 e. The number of rotatable bonds is 8. The van der Waals surface area contributed by atoms with Gasteiger partial charge < -0.3 is 10.1 Å². The second kappa shape index (κ2) is 8.16. The van der Waals surface area contributed by atoms with Gasteiger partial charge in [0.25, 0.3) is 0 Å². The monoisotopic (exact) mass is 368 g/mol. The van der Waals surface area contributed by atoms with Gasteiger partial charge in [0.1, 0.15) is 5.75 Å². The van der Waals surface area contributed by atoms with E-state index >= 15 is 0 Å². The summed E-state index contributed by atoms with van der Waals surface area (Å²) in [7, 11) is -1.95. The predicted octanol–water partition coefficient (Wildman–Crippen LogP) is 3.09. The van der Waals surface area contributed by atoms with E-state index in [1.165, 1.54) is 7.11 Å². The van der Waals surface area contributed by atoms with E-state index in [-0.39, 0.29) is 11.7 Å². The number of thiophene rings is 1. The molecule has 0 fully saturated rings. The van der Waals surface area contributed by atoms with Crippen molar-refractivity contribution in [2.45, 2.75) is 19.8 Å². The van der Waals surface area contributed by atoms with E-state index in [0.29, 0.717) is 30.0 Å². The Labute approximate surface area is 145 Å². The van der Waals surface area contributed by atoms with Gasteiger partial charge in [-0.15, -0.1) is 0 Å². The Balaban J connectivity index is 2.02. The second-order valence-corrected chi connectivity index (χ2v) is 7.89. The quantitative estimate of drug-likeness (QED) is 0.750. The molecule has 2 N–H and O–H groups in total. The molecule has 1 aromatic heterocycles. The van der Waals surface area contributed by atoms with Crippen molar-refractivity contribution < 1.29 is 17.9 Å². The minimum absolute atomic E-state index is 0.0305. The maximum Gasteiger partial charge on any atom is 0.232 e. The van der Waals surface area contributed by atoms with Crippen LogP contribution in [0.5, 0.6) is 5.75 Å². The zero-order chi connectivity index (χ0) is 17.6. The maximum absolute atomic E-state index is 12.0. The van der Waals surface area contributed by atoms with Crippen LogP contribution >= 0.6 is 11.3 Å². The summed E-state index contributed by atoms with van der Waals surface area (Å²) in [5.74, 6) is 0.213. The van der Waals surface area contributed by atoms with Gasteiger partial charge in [-0.1, -0.05) is 0 Å². The molecule has 6 nitrogen and oxygen atoms in total. The number of benzene rings is 1. The number of ether oxygens (including phenoxy) is 1. The molecular weight excluding hydrogens is 348 g/mol. The van der Waals surface area contributed by atoms with Crippen molar-refractivity contribution >= 4 is 38.6 Å². The number of nitrogens with one attached hydrogen (secondary N) is 2. The molecule has 2 aromatic rings. The molecule has 0 aliphatic heterocycles. The molecule has 0 radical (unpaired) electrons. The number of hydrogen-bond acceptors (Lipinski definition) is 5. The molecular formula is C16H20N2O4S2. The number of sulfonamides is 1. The Morgan fingerprint density at radius 3 is 2.71 bits per heavy atom. The van der Waals surface area contributed by atoms with Crippen LogP contribution in [-0.2, 0) is 21.2 Å². The molecule has 8 heteroatoms. The molecule has 1 aromatic carbocycles. The molecule has 0 aliphatic rings. The number of hydrogen-bond donors (Lipinski definition) is 2. The molecule has 1 heterocycles. The highest BCUT2D eigenvalue weighted by Crippen LogP contribution is 2.29. The third-order valence-corrected chi connectivity index (χ3v) is 5.37. The first-order chi connectivity index (χ1) is 11.4. The first kappa shape index (κ1) is 18.3. The van der Waals surface area contributed by atoms with E-state index in [2.05, 4.69) is 10.0 Å². The number of aryl methyl sites for hydroxylation is 1. The van der Waals surface area contributed by atoms with Gasteiger partial charge >= 0.3 is 0 Å². The first-order valence-electron chi connectivity index (χ1n) is 7.43. The van der Waals surface area contributed by atoms with Gasteiger partial charge in [0, 0.05) is 18.2 Å². The minimum atomic E-state index is -3.39. The largest absolute Gasteiger partial charge is 0.494 e. The zero-order valence-electron chi connectivity index (χ0n) is 13.5. The predicted molar refractivity (Wildman–Crippen MR) is 97.3 cm³/mol. The Bertz CT molecular complexity index is 786. The normalized spacial score (nSPS) is 11.1. The second-order valence-electron chi connectivity index (χ2n) is 5.10. The SMILES string of the molecule is CCS(=O)(=O)Nc1ccc(NC(=O)CCc2ccsc2)cc1OC. The Morgan fingerprint density at radius 1 is 1.29 bits per heavy atom. The third kappa shape index (κ3) is 5.24. The maximum atomic E-state index is 12.0. The van der Waals surface area contributed by atoms with Crippen molar-refractivity contribution in [3.05, 3.63) is 40.6 Å². The average molecular weight is 368 g/mol. The summed E-state index contributed by atoms with van der Waals surface area (Å²) in [4.78, 5) is 12.0. The fourth-order valence-corrected chi connectivity index (χ4v) is 3.36. The van der Waals surface area contributed by atoms with Gasteiger partial charge in [-0.3, -0.25) is 9.52 Å². The standard InChI is InChI=1S/C16H20N2O4S2/c1-3-24(20,21)18-14-6-5-13(10-15(14)22-2)17-16(19)7-4-12-8-9-23-11-12/h5-6,8-11,18H,3-4,7H2,1-2H3,(H,17,19). The summed E-state index contributed by atoms with van der Waals surface area (Å²) in [5.41, 5.74) is 2.04. The fourth-order valence-electron chi connectivity index (χ4n) is 2.01. The number of carbonyl (C=O) groups excluding carboxylic acids is 1. The van der Waals surface area contributed by atoms with Gasteiger partial charge in [0.05, 0.1) is 18.6 Å². The van der Waals surface area contributed by atoms with Gasteiger partial charge in [-0.25, -0.2) is 8.42 Å². The third-order valence-electron chi connectivity index (χ3n) is 3.35. The summed E-state index contributed by atoms with van der Waals surface area (Å²) in [6.07, 6.45) is 1.06. The first-order valence-corrected chi connectivity index (χ1v) is 10.0. The lowest BCUT2D eigenvalue weighted by Crippen LogP contribution is -2.16. The van der Waals surface area contributed by atoms with Crippen LogP contribution in [0.25, 0.3) is 0 Å². The van der Waals surface area contributed by atoms with Crippen molar-refractivity contribution in [2.75, 3.05) is 22.9 Å². The molecule has 2 rings (SSSR count). The van der Waals surface area contributed by atoms with Crippen LogP contribution in [0.1, 0.15) is 18.9 Å². The molecule has 0 bridgehead atoms. The topological polar surface area (TPSA) is 84.5 Å². The molecule has 0 saturated carbocycles. The highest BCUT2D eigenvalue weighted by Gasteiger charge is 2.12. The highest BCUT2D eigenvalue weighted by atomic mass is 32.2. The van der Waals surface area contributed by atoms with E-state index in [4.69, 9.17) is 4.74 Å². The van der Waals surface area contributed by atoms with Crippen LogP contribution in [0.2, 0.25) is 0 Å². The van der Waals surface area contributed by atoms with E-state index < -0.39 is 10.0 Å². The molecule has 0 unspecified atom stereocenters. The lowest BCUT2D eigenvalue weighted by Gasteiger charge is -2.13. The van der Waals surface area contributed by atoms with Crippen LogP contribution in [0.3, 0.4) is 0 Å². The fraction of sp³-hybridized carbons (Fsp3) is 0.312. The summed E-state index contributed by atoms with van der Waals surface area (Å²) in [6.45, 7) is 1.55. The van der Waals surface area contributed by atoms with Crippen LogP contribution in [-0.4, -0.2) is 27.2 Å². The van der Waals surface area contributed by atoms with Gasteiger partial charge in [0.15, 0.2) is 0 Å². The Morgan fingerprint density at radius 2 is 2.08 bits per heavy atom. The zero-order valence-corrected chi connectivity index (χ0v) is 15.2. The minimum Gasteiger partial charge on any atom is -0.494 e. The van der Waals surface area contributed by atoms with Crippen molar-refractivity contribution in [1.82, 2.24) is 0 Å². The van der Waals surface area contributed by atoms with Crippen molar-refractivity contribution in [3.63, 3.8) is 0 Å². The molecule has 1 amide bonds. The number of anilines is 2. The summed E-state index contributed by atoms with van der Waals surface area (Å²) < 4.78 is 31.0. The van der Waals surface area contributed by atoms with Gasteiger partial charge in [-0.2, -0.15) is 11.3 Å². The van der Waals surface area contributed by atoms with Crippen LogP contribution in [0.4, 0.5) is 11.4 Å².